The van der Waals surface area contributed by atoms with Crippen molar-refractivity contribution >= 4 is 0 Å². The molecule has 3 rings (SSSR count). The highest BCUT2D eigenvalue weighted by Gasteiger charge is 2.23. The highest BCUT2D eigenvalue weighted by atomic mass is 16.5. The van der Waals surface area contributed by atoms with Gasteiger partial charge in [-0.2, -0.15) is 4.98 Å². The van der Waals surface area contributed by atoms with Crippen LogP contribution in [0.4, 0.5) is 0 Å². The predicted octanol–water partition coefficient (Wildman–Crippen LogP) is 1.67. The van der Waals surface area contributed by atoms with Gasteiger partial charge in [0.25, 0.3) is 0 Å². The van der Waals surface area contributed by atoms with Gasteiger partial charge in [-0.25, -0.2) is 0 Å². The monoisotopic (exact) mass is 232 g/mol. The topological polar surface area (TPSA) is 55.9 Å². The Labute approximate surface area is 99.8 Å². The minimum atomic E-state index is 0.607. The average Bonchev–Trinajstić information content (AvgIpc) is 2.83. The first-order valence-corrected chi connectivity index (χ1v) is 5.99. The van der Waals surface area contributed by atoms with Crippen molar-refractivity contribution in [2.75, 3.05) is 7.05 Å². The third-order valence-electron chi connectivity index (χ3n) is 3.01. The number of nitrogens with zero attached hydrogens (tertiary/aromatic N) is 3. The Morgan fingerprint density at radius 1 is 1.53 bits per heavy atom. The van der Waals surface area contributed by atoms with Crippen LogP contribution >= 0.6 is 0 Å². The van der Waals surface area contributed by atoms with Gasteiger partial charge in [0, 0.05) is 12.7 Å². The maximum absolute atomic E-state index is 5.17. The lowest BCUT2D eigenvalue weighted by Gasteiger charge is -2.04. The van der Waals surface area contributed by atoms with Crippen LogP contribution in [0, 0.1) is 5.92 Å². The largest absolute Gasteiger partial charge is 0.345 e. The third kappa shape index (κ3) is 2.24. The molecule has 1 saturated carbocycles. The van der Waals surface area contributed by atoms with Gasteiger partial charge in [-0.3, -0.25) is 0 Å². The van der Waals surface area contributed by atoms with Crippen LogP contribution < -0.4 is 5.32 Å². The Morgan fingerprint density at radius 3 is 3.18 bits per heavy atom. The second-order valence-corrected chi connectivity index (χ2v) is 4.53. The molecule has 0 unspecified atom stereocenters. The van der Waals surface area contributed by atoms with Crippen molar-refractivity contribution in [3.63, 3.8) is 0 Å². The van der Waals surface area contributed by atoms with Crippen LogP contribution in [0.5, 0.6) is 0 Å². The molecule has 2 aromatic rings. The van der Waals surface area contributed by atoms with Crippen molar-refractivity contribution < 1.29 is 4.52 Å². The molecule has 0 radical (unpaired) electrons. The summed E-state index contributed by atoms with van der Waals surface area (Å²) in [6.45, 7) is 1.68. The molecule has 1 fully saturated rings. The molecule has 0 spiro atoms. The number of nitrogens with one attached hydrogen (secondary N) is 1. The van der Waals surface area contributed by atoms with E-state index in [0.29, 0.717) is 18.3 Å². The molecule has 0 saturated heterocycles. The smallest absolute Gasteiger partial charge is 0.240 e. The van der Waals surface area contributed by atoms with Gasteiger partial charge in [0.05, 0.1) is 12.2 Å². The number of rotatable bonds is 5. The van der Waals surface area contributed by atoms with Crippen molar-refractivity contribution in [2.24, 2.45) is 5.92 Å². The van der Waals surface area contributed by atoms with E-state index in [-0.39, 0.29) is 0 Å². The van der Waals surface area contributed by atoms with Gasteiger partial charge in [0.1, 0.15) is 0 Å². The first kappa shape index (κ1) is 10.5. The fourth-order valence-electron chi connectivity index (χ4n) is 1.94. The number of hydrogen-bond acceptors (Lipinski definition) is 4. The normalized spacial score (nSPS) is 15.4. The molecule has 17 heavy (non-hydrogen) atoms. The van der Waals surface area contributed by atoms with E-state index in [4.69, 9.17) is 4.52 Å². The Morgan fingerprint density at radius 2 is 2.41 bits per heavy atom. The van der Waals surface area contributed by atoms with Gasteiger partial charge in [0.15, 0.2) is 0 Å². The van der Waals surface area contributed by atoms with Crippen LogP contribution in [0.15, 0.2) is 22.9 Å². The van der Waals surface area contributed by atoms with Gasteiger partial charge in [0.2, 0.25) is 11.7 Å². The molecule has 1 N–H and O–H groups in total. The molecule has 2 aromatic heterocycles. The first-order valence-electron chi connectivity index (χ1n) is 5.99. The summed E-state index contributed by atoms with van der Waals surface area (Å²) in [7, 11) is 1.86. The summed E-state index contributed by atoms with van der Waals surface area (Å²) in [4.78, 5) is 4.37. The molecule has 0 aromatic carbocycles. The van der Waals surface area contributed by atoms with Crippen molar-refractivity contribution in [1.82, 2.24) is 20.0 Å². The van der Waals surface area contributed by atoms with Crippen molar-refractivity contribution in [3.8, 4) is 11.5 Å². The SMILES string of the molecule is CNCc1nc(-c2cccn2CC2CC2)no1. The van der Waals surface area contributed by atoms with Gasteiger partial charge in [-0.05, 0) is 37.9 Å². The highest BCUT2D eigenvalue weighted by molar-refractivity contribution is 5.49. The molecular weight excluding hydrogens is 216 g/mol. The van der Waals surface area contributed by atoms with Crippen LogP contribution in [-0.2, 0) is 13.1 Å². The van der Waals surface area contributed by atoms with E-state index in [0.717, 1.165) is 18.2 Å². The summed E-state index contributed by atoms with van der Waals surface area (Å²) >= 11 is 0. The molecule has 0 bridgehead atoms. The zero-order valence-corrected chi connectivity index (χ0v) is 9.89. The lowest BCUT2D eigenvalue weighted by atomic mass is 10.3. The summed E-state index contributed by atoms with van der Waals surface area (Å²) in [6, 6.07) is 4.07. The van der Waals surface area contributed by atoms with Crippen LogP contribution in [0.1, 0.15) is 18.7 Å². The lowest BCUT2D eigenvalue weighted by Crippen LogP contribution is -2.05. The Kier molecular flexibility index (Phi) is 2.68. The predicted molar refractivity (Wildman–Crippen MR) is 63.2 cm³/mol. The Bertz CT molecular complexity index is 498. The summed E-state index contributed by atoms with van der Waals surface area (Å²) in [6.07, 6.45) is 4.77. The molecule has 0 aliphatic heterocycles. The molecule has 0 amide bonds. The van der Waals surface area contributed by atoms with E-state index in [2.05, 4.69) is 26.2 Å². The summed E-state index contributed by atoms with van der Waals surface area (Å²) in [5.41, 5.74) is 1.04. The van der Waals surface area contributed by atoms with E-state index >= 15 is 0 Å². The molecule has 90 valence electrons. The fraction of sp³-hybridized carbons (Fsp3) is 0.500. The molecule has 0 atom stereocenters. The second kappa shape index (κ2) is 4.33. The molecule has 5 heteroatoms. The average molecular weight is 232 g/mol. The maximum atomic E-state index is 5.17. The lowest BCUT2D eigenvalue weighted by molar-refractivity contribution is 0.372. The standard InChI is InChI=1S/C12H16N4O/c1-13-7-11-14-12(15-17-11)10-3-2-6-16(10)8-9-4-5-9/h2-3,6,9,13H,4-5,7-8H2,1H3. The number of aromatic nitrogens is 3. The van der Waals surface area contributed by atoms with Gasteiger partial charge in [-0.15, -0.1) is 0 Å². The minimum Gasteiger partial charge on any atom is -0.345 e. The summed E-state index contributed by atoms with van der Waals surface area (Å²) < 4.78 is 7.38. The van der Waals surface area contributed by atoms with E-state index < -0.39 is 0 Å². The van der Waals surface area contributed by atoms with E-state index in [9.17, 15) is 0 Å². The zero-order chi connectivity index (χ0) is 11.7. The second-order valence-electron chi connectivity index (χ2n) is 4.53. The Hall–Kier alpha value is -1.62. The zero-order valence-electron chi connectivity index (χ0n) is 9.89. The van der Waals surface area contributed by atoms with Crippen molar-refractivity contribution in [3.05, 3.63) is 24.2 Å². The van der Waals surface area contributed by atoms with Gasteiger partial charge >= 0.3 is 0 Å². The third-order valence-corrected chi connectivity index (χ3v) is 3.01. The Balaban J connectivity index is 1.83. The van der Waals surface area contributed by atoms with Crippen LogP contribution in [0.3, 0.4) is 0 Å². The van der Waals surface area contributed by atoms with Crippen LogP contribution in [0.2, 0.25) is 0 Å². The molecule has 1 aliphatic rings. The maximum Gasteiger partial charge on any atom is 0.240 e. The van der Waals surface area contributed by atoms with Crippen LogP contribution in [-0.4, -0.2) is 21.8 Å². The summed E-state index contributed by atoms with van der Waals surface area (Å²) in [5, 5.41) is 7.02. The first-order chi connectivity index (χ1) is 8.36. The van der Waals surface area contributed by atoms with Gasteiger partial charge in [-0.1, -0.05) is 5.16 Å². The molecule has 2 heterocycles. The fourth-order valence-corrected chi connectivity index (χ4v) is 1.94. The van der Waals surface area contributed by atoms with Crippen molar-refractivity contribution in [2.45, 2.75) is 25.9 Å². The van der Waals surface area contributed by atoms with Crippen LogP contribution in [0.25, 0.3) is 11.5 Å². The van der Waals surface area contributed by atoms with Gasteiger partial charge < -0.3 is 14.4 Å². The van der Waals surface area contributed by atoms with E-state index in [1.165, 1.54) is 12.8 Å². The quantitative estimate of drug-likeness (QED) is 0.852. The van der Waals surface area contributed by atoms with E-state index in [1.54, 1.807) is 0 Å². The minimum absolute atomic E-state index is 0.607. The molecule has 1 aliphatic carbocycles. The van der Waals surface area contributed by atoms with Crippen molar-refractivity contribution in [1.29, 1.82) is 0 Å². The van der Waals surface area contributed by atoms with E-state index in [1.807, 2.05) is 19.2 Å². The molecular formula is C12H16N4O. The molecule has 5 nitrogen and oxygen atoms in total. The summed E-state index contributed by atoms with van der Waals surface area (Å²) in [5.74, 6) is 2.15. The number of hydrogen-bond donors (Lipinski definition) is 1. The highest BCUT2D eigenvalue weighted by Crippen LogP contribution is 2.32.